The Bertz CT molecular complexity index is 609. The SMILES string of the molecule is N[C@@H](C(=O)Nc1c(F)cc(F)cc1F)c1ccccc1. The number of carbonyl (C=O) groups excluding carboxylic acids is 1. The van der Waals surface area contributed by atoms with Crippen molar-refractivity contribution >= 4 is 11.6 Å². The van der Waals surface area contributed by atoms with Crippen LogP contribution in [0.1, 0.15) is 11.6 Å². The van der Waals surface area contributed by atoms with Gasteiger partial charge in [-0.05, 0) is 5.56 Å². The van der Waals surface area contributed by atoms with Crippen molar-refractivity contribution in [2.24, 2.45) is 5.73 Å². The maximum atomic E-state index is 13.4. The zero-order chi connectivity index (χ0) is 14.7. The van der Waals surface area contributed by atoms with E-state index >= 15 is 0 Å². The van der Waals surface area contributed by atoms with Gasteiger partial charge in [-0.15, -0.1) is 0 Å². The van der Waals surface area contributed by atoms with Crippen LogP contribution >= 0.6 is 0 Å². The van der Waals surface area contributed by atoms with E-state index in [-0.39, 0.29) is 0 Å². The summed E-state index contributed by atoms with van der Waals surface area (Å²) in [5.41, 5.74) is 5.46. The summed E-state index contributed by atoms with van der Waals surface area (Å²) in [6.45, 7) is 0. The van der Waals surface area contributed by atoms with Crippen LogP contribution in [0, 0.1) is 17.5 Å². The highest BCUT2D eigenvalue weighted by atomic mass is 19.1. The molecule has 0 fully saturated rings. The lowest BCUT2D eigenvalue weighted by molar-refractivity contribution is -0.117. The van der Waals surface area contributed by atoms with Crippen LogP contribution in [0.2, 0.25) is 0 Å². The fraction of sp³-hybridized carbons (Fsp3) is 0.0714. The minimum absolute atomic E-state index is 0.479. The van der Waals surface area contributed by atoms with E-state index in [4.69, 9.17) is 5.73 Å². The molecule has 0 spiro atoms. The van der Waals surface area contributed by atoms with Crippen LogP contribution in [0.3, 0.4) is 0 Å². The van der Waals surface area contributed by atoms with Gasteiger partial charge in [0.05, 0.1) is 0 Å². The Morgan fingerprint density at radius 1 is 1.05 bits per heavy atom. The van der Waals surface area contributed by atoms with Gasteiger partial charge in [0.15, 0.2) is 11.6 Å². The highest BCUT2D eigenvalue weighted by Gasteiger charge is 2.19. The zero-order valence-electron chi connectivity index (χ0n) is 10.2. The van der Waals surface area contributed by atoms with Crippen molar-refractivity contribution in [1.29, 1.82) is 0 Å². The van der Waals surface area contributed by atoms with Gasteiger partial charge in [-0.3, -0.25) is 4.79 Å². The Hall–Kier alpha value is -2.34. The standard InChI is InChI=1S/C14H11F3N2O/c15-9-6-10(16)13(11(17)7-9)19-14(20)12(18)8-4-2-1-3-5-8/h1-7,12H,18H2,(H,19,20)/t12-/m1/s1. The first-order valence-electron chi connectivity index (χ1n) is 5.75. The Morgan fingerprint density at radius 3 is 2.15 bits per heavy atom. The van der Waals surface area contributed by atoms with Gasteiger partial charge in [-0.1, -0.05) is 30.3 Å². The molecule has 3 nitrogen and oxygen atoms in total. The van der Waals surface area contributed by atoms with Gasteiger partial charge < -0.3 is 11.1 Å². The van der Waals surface area contributed by atoms with Gasteiger partial charge in [-0.2, -0.15) is 0 Å². The van der Waals surface area contributed by atoms with Gasteiger partial charge in [0.25, 0.3) is 0 Å². The second kappa shape index (κ2) is 5.75. The topological polar surface area (TPSA) is 55.1 Å². The molecule has 0 aromatic heterocycles. The van der Waals surface area contributed by atoms with Gasteiger partial charge in [0.2, 0.25) is 5.91 Å². The normalized spacial score (nSPS) is 12.0. The molecule has 0 saturated heterocycles. The molecule has 6 heteroatoms. The molecule has 1 amide bonds. The van der Waals surface area contributed by atoms with E-state index in [0.717, 1.165) is 0 Å². The number of amides is 1. The highest BCUT2D eigenvalue weighted by Crippen LogP contribution is 2.21. The summed E-state index contributed by atoms with van der Waals surface area (Å²) in [4.78, 5) is 11.8. The predicted molar refractivity (Wildman–Crippen MR) is 68.3 cm³/mol. The molecule has 0 unspecified atom stereocenters. The van der Waals surface area contributed by atoms with Gasteiger partial charge >= 0.3 is 0 Å². The second-order valence-corrected chi connectivity index (χ2v) is 4.12. The Balaban J connectivity index is 2.20. The maximum Gasteiger partial charge on any atom is 0.246 e. The zero-order valence-corrected chi connectivity index (χ0v) is 10.2. The summed E-state index contributed by atoms with van der Waals surface area (Å²) in [7, 11) is 0. The molecule has 2 rings (SSSR count). The summed E-state index contributed by atoms with van der Waals surface area (Å²) in [5, 5.41) is 2.02. The summed E-state index contributed by atoms with van der Waals surface area (Å²) >= 11 is 0. The summed E-state index contributed by atoms with van der Waals surface area (Å²) < 4.78 is 39.6. The van der Waals surface area contributed by atoms with Crippen molar-refractivity contribution in [3.05, 3.63) is 65.5 Å². The van der Waals surface area contributed by atoms with Crippen LogP contribution in [0.4, 0.5) is 18.9 Å². The lowest BCUT2D eigenvalue weighted by Gasteiger charge is -2.13. The number of nitrogens with two attached hydrogens (primary N) is 1. The molecule has 0 heterocycles. The monoisotopic (exact) mass is 280 g/mol. The van der Waals surface area contributed by atoms with E-state index in [9.17, 15) is 18.0 Å². The third kappa shape index (κ3) is 2.97. The minimum Gasteiger partial charge on any atom is -0.320 e. The molecular formula is C14H11F3N2O. The van der Waals surface area contributed by atoms with Crippen LogP contribution in [0.25, 0.3) is 0 Å². The fourth-order valence-corrected chi connectivity index (χ4v) is 1.67. The van der Waals surface area contributed by atoms with E-state index in [0.29, 0.717) is 17.7 Å². The fourth-order valence-electron chi connectivity index (χ4n) is 1.67. The van der Waals surface area contributed by atoms with Crippen LogP contribution in [0.5, 0.6) is 0 Å². The van der Waals surface area contributed by atoms with Gasteiger partial charge in [0, 0.05) is 12.1 Å². The quantitative estimate of drug-likeness (QED) is 0.908. The summed E-state index contributed by atoms with van der Waals surface area (Å²) in [6.07, 6.45) is 0. The first kappa shape index (κ1) is 14.1. The number of rotatable bonds is 3. The van der Waals surface area contributed by atoms with Crippen LogP contribution in [-0.4, -0.2) is 5.91 Å². The van der Waals surface area contributed by atoms with Crippen molar-refractivity contribution in [1.82, 2.24) is 0 Å². The summed E-state index contributed by atoms with van der Waals surface area (Å²) in [6, 6.07) is 8.21. The number of hydrogen-bond donors (Lipinski definition) is 2. The van der Waals surface area contributed by atoms with E-state index in [1.807, 2.05) is 5.32 Å². The third-order valence-corrected chi connectivity index (χ3v) is 2.70. The second-order valence-electron chi connectivity index (χ2n) is 4.12. The molecule has 0 aliphatic heterocycles. The van der Waals surface area contributed by atoms with Gasteiger partial charge in [0.1, 0.15) is 17.5 Å². The van der Waals surface area contributed by atoms with Crippen molar-refractivity contribution in [2.45, 2.75) is 6.04 Å². The Labute approximate surface area is 113 Å². The van der Waals surface area contributed by atoms with Crippen LogP contribution in [-0.2, 0) is 4.79 Å². The first-order chi connectivity index (χ1) is 9.49. The molecular weight excluding hydrogens is 269 g/mol. The van der Waals surface area contributed by atoms with E-state index in [1.165, 1.54) is 0 Å². The molecule has 0 saturated carbocycles. The largest absolute Gasteiger partial charge is 0.320 e. The number of hydrogen-bond acceptors (Lipinski definition) is 2. The highest BCUT2D eigenvalue weighted by molar-refractivity contribution is 5.95. The number of nitrogens with one attached hydrogen (secondary N) is 1. The van der Waals surface area contributed by atoms with Crippen LogP contribution < -0.4 is 11.1 Å². The number of anilines is 1. The molecule has 0 aliphatic rings. The van der Waals surface area contributed by atoms with Crippen molar-refractivity contribution < 1.29 is 18.0 Å². The molecule has 104 valence electrons. The van der Waals surface area contributed by atoms with Crippen molar-refractivity contribution in [2.75, 3.05) is 5.32 Å². The maximum absolute atomic E-state index is 13.4. The first-order valence-corrected chi connectivity index (χ1v) is 5.75. The molecule has 0 bridgehead atoms. The van der Waals surface area contributed by atoms with E-state index < -0.39 is 35.1 Å². The number of benzene rings is 2. The smallest absolute Gasteiger partial charge is 0.246 e. The van der Waals surface area contributed by atoms with Crippen molar-refractivity contribution in [3.63, 3.8) is 0 Å². The molecule has 2 aromatic rings. The Morgan fingerprint density at radius 2 is 1.60 bits per heavy atom. The van der Waals surface area contributed by atoms with E-state index in [2.05, 4.69) is 0 Å². The predicted octanol–water partition coefficient (Wildman–Crippen LogP) is 2.74. The van der Waals surface area contributed by atoms with Crippen molar-refractivity contribution in [3.8, 4) is 0 Å². The molecule has 1 atom stereocenters. The summed E-state index contributed by atoms with van der Waals surface area (Å²) in [5.74, 6) is -4.25. The molecule has 2 aromatic carbocycles. The lowest BCUT2D eigenvalue weighted by Crippen LogP contribution is -2.28. The third-order valence-electron chi connectivity index (χ3n) is 2.70. The number of halogens is 3. The lowest BCUT2D eigenvalue weighted by atomic mass is 10.1. The minimum atomic E-state index is -1.20. The average molecular weight is 280 g/mol. The molecule has 0 aliphatic carbocycles. The molecule has 3 N–H and O–H groups in total. The van der Waals surface area contributed by atoms with Crippen LogP contribution in [0.15, 0.2) is 42.5 Å². The van der Waals surface area contributed by atoms with Gasteiger partial charge in [-0.25, -0.2) is 13.2 Å². The molecule has 20 heavy (non-hydrogen) atoms. The Kier molecular flexibility index (Phi) is 4.05. The van der Waals surface area contributed by atoms with E-state index in [1.54, 1.807) is 30.3 Å². The molecule has 0 radical (unpaired) electrons. The number of carbonyl (C=O) groups is 1. The average Bonchev–Trinajstić information content (AvgIpc) is 2.42.